The zero-order valence-electron chi connectivity index (χ0n) is 12.2. The van der Waals surface area contributed by atoms with E-state index in [1.54, 1.807) is 6.07 Å². The molecule has 0 aliphatic carbocycles. The minimum Gasteiger partial charge on any atom is -0.479 e. The third-order valence-electron chi connectivity index (χ3n) is 3.80. The maximum atomic E-state index is 12.5. The third kappa shape index (κ3) is 3.51. The van der Waals surface area contributed by atoms with Crippen LogP contribution in [-0.4, -0.2) is 24.3 Å². The van der Waals surface area contributed by atoms with Gasteiger partial charge < -0.3 is 4.74 Å². The Bertz CT molecular complexity index is 648. The minimum atomic E-state index is -4.31. The van der Waals surface area contributed by atoms with Crippen LogP contribution in [-0.2, 0) is 10.9 Å². The predicted molar refractivity (Wildman–Crippen MR) is 84.7 cm³/mol. The fourth-order valence-corrected chi connectivity index (χ4v) is 5.46. The summed E-state index contributed by atoms with van der Waals surface area (Å²) in [6.07, 6.45) is -0.804. The first-order chi connectivity index (χ1) is 10.5. The number of rotatable bonds is 3. The monoisotopic (exact) mass is 327 g/mol. The van der Waals surface area contributed by atoms with Gasteiger partial charge in [-0.25, -0.2) is 0 Å². The molecular weight excluding hydrogens is 309 g/mol. The van der Waals surface area contributed by atoms with Crippen molar-refractivity contribution in [1.82, 2.24) is 0 Å². The van der Waals surface area contributed by atoms with E-state index < -0.39 is 12.8 Å². The van der Waals surface area contributed by atoms with E-state index in [0.717, 1.165) is 40.0 Å². The Hall–Kier alpha value is -1.36. The van der Waals surface area contributed by atoms with Crippen LogP contribution < -0.4 is 4.74 Å². The second-order valence-electron chi connectivity index (χ2n) is 5.48. The molecule has 5 heteroatoms. The molecule has 1 fully saturated rings. The van der Waals surface area contributed by atoms with E-state index in [2.05, 4.69) is 0 Å². The Morgan fingerprint density at radius 2 is 1.68 bits per heavy atom. The van der Waals surface area contributed by atoms with Gasteiger partial charge in [0.25, 0.3) is 0 Å². The summed E-state index contributed by atoms with van der Waals surface area (Å²) in [6, 6.07) is 11.4. The lowest BCUT2D eigenvalue weighted by molar-refractivity contribution is -0.153. The first kappa shape index (κ1) is 15.5. The minimum absolute atomic E-state index is 0.0148. The normalized spacial score (nSPS) is 16.9. The van der Waals surface area contributed by atoms with Crippen LogP contribution in [0.2, 0.25) is 0 Å². The maximum absolute atomic E-state index is 12.5. The average molecular weight is 327 g/mol. The zero-order chi connectivity index (χ0) is 15.6. The lowest BCUT2D eigenvalue weighted by Gasteiger charge is -2.18. The molecule has 118 valence electrons. The number of hydrogen-bond acceptors (Lipinski definition) is 1. The molecular formula is C17H18F3OS+. The van der Waals surface area contributed by atoms with Crippen LogP contribution in [0.5, 0.6) is 5.75 Å². The van der Waals surface area contributed by atoms with E-state index in [4.69, 9.17) is 4.74 Å². The smallest absolute Gasteiger partial charge is 0.422 e. The van der Waals surface area contributed by atoms with Crippen molar-refractivity contribution in [3.05, 3.63) is 36.4 Å². The van der Waals surface area contributed by atoms with Gasteiger partial charge in [0, 0.05) is 16.3 Å². The number of fused-ring (bicyclic) bond motifs is 1. The molecule has 0 aromatic heterocycles. The molecule has 0 amide bonds. The van der Waals surface area contributed by atoms with E-state index in [9.17, 15) is 13.2 Å². The number of halogens is 3. The molecule has 3 rings (SSSR count). The van der Waals surface area contributed by atoms with Gasteiger partial charge in [0.15, 0.2) is 12.4 Å². The Morgan fingerprint density at radius 1 is 0.955 bits per heavy atom. The highest BCUT2D eigenvalue weighted by Gasteiger charge is 2.33. The molecule has 0 atom stereocenters. The quantitative estimate of drug-likeness (QED) is 0.725. The van der Waals surface area contributed by atoms with Crippen molar-refractivity contribution < 1.29 is 17.9 Å². The van der Waals surface area contributed by atoms with E-state index in [1.807, 2.05) is 30.3 Å². The Labute approximate surface area is 130 Å². The lowest BCUT2D eigenvalue weighted by Crippen LogP contribution is -2.22. The van der Waals surface area contributed by atoms with Crippen LogP contribution >= 0.6 is 0 Å². The summed E-state index contributed by atoms with van der Waals surface area (Å²) >= 11 is 0. The van der Waals surface area contributed by atoms with Crippen molar-refractivity contribution in [2.24, 2.45) is 0 Å². The van der Waals surface area contributed by atoms with E-state index >= 15 is 0 Å². The summed E-state index contributed by atoms with van der Waals surface area (Å²) in [5.41, 5.74) is 0. The highest BCUT2D eigenvalue weighted by atomic mass is 32.2. The summed E-state index contributed by atoms with van der Waals surface area (Å²) < 4.78 is 42.7. The molecule has 1 heterocycles. The van der Waals surface area contributed by atoms with Gasteiger partial charge in [-0.3, -0.25) is 0 Å². The predicted octanol–water partition coefficient (Wildman–Crippen LogP) is 4.94. The second-order valence-corrected chi connectivity index (χ2v) is 7.69. The number of ether oxygens (including phenoxy) is 1. The Morgan fingerprint density at radius 3 is 2.41 bits per heavy atom. The first-order valence-electron chi connectivity index (χ1n) is 7.43. The molecule has 1 aliphatic heterocycles. The third-order valence-corrected chi connectivity index (χ3v) is 6.37. The van der Waals surface area contributed by atoms with Gasteiger partial charge in [0.05, 0.1) is 0 Å². The molecule has 0 saturated carbocycles. The van der Waals surface area contributed by atoms with Crippen molar-refractivity contribution >= 4 is 21.7 Å². The Kier molecular flexibility index (Phi) is 4.52. The highest BCUT2D eigenvalue weighted by Crippen LogP contribution is 2.37. The van der Waals surface area contributed by atoms with Crippen LogP contribution in [0.3, 0.4) is 0 Å². The molecule has 0 spiro atoms. The van der Waals surface area contributed by atoms with Gasteiger partial charge in [-0.15, -0.1) is 0 Å². The van der Waals surface area contributed by atoms with Crippen molar-refractivity contribution in [2.75, 3.05) is 18.1 Å². The summed E-state index contributed by atoms with van der Waals surface area (Å²) in [5, 5.41) is 2.10. The second kappa shape index (κ2) is 6.41. The van der Waals surface area contributed by atoms with Gasteiger partial charge in [-0.2, -0.15) is 13.2 Å². The molecule has 22 heavy (non-hydrogen) atoms. The van der Waals surface area contributed by atoms with Crippen molar-refractivity contribution in [2.45, 2.75) is 30.3 Å². The van der Waals surface area contributed by atoms with Gasteiger partial charge in [0.1, 0.15) is 11.5 Å². The molecule has 2 aromatic carbocycles. The number of alkyl halides is 3. The highest BCUT2D eigenvalue weighted by molar-refractivity contribution is 7.97. The molecule has 0 bridgehead atoms. The SMILES string of the molecule is FC(F)(F)COc1ccc2ccccc2c1[S+]1CCCCC1. The van der Waals surface area contributed by atoms with Crippen molar-refractivity contribution in [3.8, 4) is 5.75 Å². The molecule has 0 unspecified atom stereocenters. The maximum Gasteiger partial charge on any atom is 0.422 e. The summed E-state index contributed by atoms with van der Waals surface area (Å²) in [5.74, 6) is 2.51. The topological polar surface area (TPSA) is 9.23 Å². The fraction of sp³-hybridized carbons (Fsp3) is 0.412. The molecule has 1 saturated heterocycles. The molecule has 0 radical (unpaired) electrons. The molecule has 1 nitrogen and oxygen atoms in total. The van der Waals surface area contributed by atoms with E-state index in [-0.39, 0.29) is 10.9 Å². The average Bonchev–Trinajstić information content (AvgIpc) is 2.52. The molecule has 1 aliphatic rings. The largest absolute Gasteiger partial charge is 0.479 e. The van der Waals surface area contributed by atoms with E-state index in [0.29, 0.717) is 5.75 Å². The summed E-state index contributed by atoms with van der Waals surface area (Å²) in [7, 11) is -0.0148. The number of hydrogen-bond donors (Lipinski definition) is 0. The van der Waals surface area contributed by atoms with Gasteiger partial charge in [-0.05, 0) is 36.8 Å². The van der Waals surface area contributed by atoms with Crippen LogP contribution in [0.4, 0.5) is 13.2 Å². The lowest BCUT2D eigenvalue weighted by atomic mass is 10.1. The van der Waals surface area contributed by atoms with Crippen LogP contribution in [0.15, 0.2) is 41.3 Å². The van der Waals surface area contributed by atoms with Crippen molar-refractivity contribution in [3.63, 3.8) is 0 Å². The molecule has 2 aromatic rings. The van der Waals surface area contributed by atoms with Crippen molar-refractivity contribution in [1.29, 1.82) is 0 Å². The fourth-order valence-electron chi connectivity index (χ4n) is 2.83. The van der Waals surface area contributed by atoms with Gasteiger partial charge in [-0.1, -0.05) is 24.3 Å². The van der Waals surface area contributed by atoms with Crippen LogP contribution in [0.1, 0.15) is 19.3 Å². The van der Waals surface area contributed by atoms with Gasteiger partial charge >= 0.3 is 6.18 Å². The van der Waals surface area contributed by atoms with Crippen LogP contribution in [0.25, 0.3) is 10.8 Å². The summed E-state index contributed by atoms with van der Waals surface area (Å²) in [4.78, 5) is 0.988. The first-order valence-corrected chi connectivity index (χ1v) is 9.00. The standard InChI is InChI=1S/C17H18F3OS/c18-17(19,20)12-21-15-9-8-13-6-2-3-7-14(13)16(15)22-10-4-1-5-11-22/h2-3,6-9H,1,4-5,10-12H2/q+1. The zero-order valence-corrected chi connectivity index (χ0v) is 13.0. The molecule has 0 N–H and O–H groups in total. The summed E-state index contributed by atoms with van der Waals surface area (Å²) in [6.45, 7) is -1.23. The number of benzene rings is 2. The van der Waals surface area contributed by atoms with E-state index in [1.165, 1.54) is 6.42 Å². The van der Waals surface area contributed by atoms with Gasteiger partial charge in [0.2, 0.25) is 4.90 Å². The van der Waals surface area contributed by atoms with Crippen LogP contribution in [0, 0.1) is 0 Å². The Balaban J connectivity index is 2.02.